The largest absolute Gasteiger partial charge is 0.481 e. The van der Waals surface area contributed by atoms with Crippen molar-refractivity contribution in [3.63, 3.8) is 0 Å². The van der Waals surface area contributed by atoms with Crippen LogP contribution in [0, 0.1) is 0 Å². The summed E-state index contributed by atoms with van der Waals surface area (Å²) >= 11 is 0. The molecule has 4 nitrogen and oxygen atoms in total. The molecule has 3 rings (SSSR count). The average Bonchev–Trinajstić information content (AvgIpc) is 2.74. The number of hydrogen-bond donors (Lipinski definition) is 0. The number of benzene rings is 3. The molecule has 0 radical (unpaired) electrons. The van der Waals surface area contributed by atoms with E-state index in [2.05, 4.69) is 0 Å². The second-order valence-corrected chi connectivity index (χ2v) is 7.01. The maximum Gasteiger partial charge on any atom is 0.263 e. The number of carbonyl (C=O) groups is 2. The van der Waals surface area contributed by atoms with Crippen molar-refractivity contribution < 1.29 is 14.3 Å². The smallest absolute Gasteiger partial charge is 0.263 e. The lowest BCUT2D eigenvalue weighted by Crippen LogP contribution is -2.39. The third-order valence-corrected chi connectivity index (χ3v) is 4.65. The first-order valence-corrected chi connectivity index (χ1v) is 9.67. The number of nitrogens with zero attached hydrogens (tertiary/aromatic N) is 1. The Morgan fingerprint density at radius 3 is 1.90 bits per heavy atom. The van der Waals surface area contributed by atoms with Gasteiger partial charge in [0.15, 0.2) is 11.9 Å². The lowest BCUT2D eigenvalue weighted by atomic mass is 10.1. The summed E-state index contributed by atoms with van der Waals surface area (Å²) in [6.45, 7) is 4.24. The molecule has 4 heteroatoms. The highest BCUT2D eigenvalue weighted by molar-refractivity contribution is 5.94. The third-order valence-electron chi connectivity index (χ3n) is 4.65. The zero-order valence-electron chi connectivity index (χ0n) is 16.7. The fourth-order valence-electron chi connectivity index (χ4n) is 3.12. The van der Waals surface area contributed by atoms with Crippen LogP contribution in [0.4, 0.5) is 0 Å². The van der Waals surface area contributed by atoms with E-state index in [0.29, 0.717) is 24.4 Å². The second kappa shape index (κ2) is 9.69. The number of hydrogen-bond acceptors (Lipinski definition) is 3. The van der Waals surface area contributed by atoms with Gasteiger partial charge in [0.2, 0.25) is 0 Å². The number of Topliss-reactive ketones (excluding diaryl/α,β-unsaturated/α-hetero) is 1. The molecule has 0 saturated carbocycles. The first-order valence-electron chi connectivity index (χ1n) is 9.67. The topological polar surface area (TPSA) is 46.6 Å². The van der Waals surface area contributed by atoms with Crippen molar-refractivity contribution >= 4 is 11.7 Å². The summed E-state index contributed by atoms with van der Waals surface area (Å²) in [6.07, 6.45) is -0.676. The van der Waals surface area contributed by atoms with E-state index in [1.165, 1.54) is 6.92 Å². The van der Waals surface area contributed by atoms with Crippen LogP contribution in [0.25, 0.3) is 0 Å². The van der Waals surface area contributed by atoms with Gasteiger partial charge in [0.05, 0.1) is 0 Å². The van der Waals surface area contributed by atoms with Gasteiger partial charge in [-0.05, 0) is 37.1 Å². The monoisotopic (exact) mass is 387 g/mol. The Balaban J connectivity index is 1.77. The molecule has 0 spiro atoms. The van der Waals surface area contributed by atoms with Gasteiger partial charge in [0, 0.05) is 18.7 Å². The summed E-state index contributed by atoms with van der Waals surface area (Å²) in [4.78, 5) is 26.6. The molecular weight excluding hydrogens is 362 g/mol. The third kappa shape index (κ3) is 5.79. The van der Waals surface area contributed by atoms with E-state index in [4.69, 9.17) is 4.74 Å². The molecule has 1 amide bonds. The number of ketones is 1. The van der Waals surface area contributed by atoms with Crippen LogP contribution in [0.1, 0.15) is 35.3 Å². The summed E-state index contributed by atoms with van der Waals surface area (Å²) in [5.74, 6) is 0.369. The highest BCUT2D eigenvalue weighted by Crippen LogP contribution is 2.18. The maximum absolute atomic E-state index is 13.2. The summed E-state index contributed by atoms with van der Waals surface area (Å²) in [5.41, 5.74) is 2.68. The standard InChI is InChI=1S/C25H25NO3/c1-19(27)23-14-9-15-24(16-23)29-20(2)25(28)26(17-21-10-5-3-6-11-21)18-22-12-7-4-8-13-22/h3-16,20H,17-18H2,1-2H3. The van der Waals surface area contributed by atoms with Crippen LogP contribution in [-0.2, 0) is 17.9 Å². The van der Waals surface area contributed by atoms with Crippen LogP contribution >= 0.6 is 0 Å². The first-order chi connectivity index (χ1) is 14.0. The van der Waals surface area contributed by atoms with Crippen LogP contribution in [0.15, 0.2) is 84.9 Å². The summed E-state index contributed by atoms with van der Waals surface area (Å²) in [5, 5.41) is 0. The van der Waals surface area contributed by atoms with Gasteiger partial charge in [-0.15, -0.1) is 0 Å². The van der Waals surface area contributed by atoms with Crippen LogP contribution in [0.5, 0.6) is 5.75 Å². The van der Waals surface area contributed by atoms with Crippen molar-refractivity contribution in [1.82, 2.24) is 4.90 Å². The highest BCUT2D eigenvalue weighted by Gasteiger charge is 2.23. The summed E-state index contributed by atoms with van der Waals surface area (Å²) in [7, 11) is 0. The molecule has 0 heterocycles. The molecule has 148 valence electrons. The summed E-state index contributed by atoms with van der Waals surface area (Å²) in [6, 6.07) is 26.7. The minimum Gasteiger partial charge on any atom is -0.481 e. The van der Waals surface area contributed by atoms with E-state index in [1.807, 2.05) is 60.7 Å². The van der Waals surface area contributed by atoms with E-state index in [1.54, 1.807) is 36.1 Å². The Morgan fingerprint density at radius 2 is 1.38 bits per heavy atom. The molecule has 3 aromatic rings. The minimum absolute atomic E-state index is 0.0378. The Hall–Kier alpha value is -3.40. The van der Waals surface area contributed by atoms with Crippen LogP contribution in [0.3, 0.4) is 0 Å². The molecule has 0 aromatic heterocycles. The number of ether oxygens (including phenoxy) is 1. The molecule has 0 aliphatic heterocycles. The average molecular weight is 387 g/mol. The Kier molecular flexibility index (Phi) is 6.80. The molecule has 0 aliphatic carbocycles. The fraction of sp³-hybridized carbons (Fsp3) is 0.200. The highest BCUT2D eigenvalue weighted by atomic mass is 16.5. The van der Waals surface area contributed by atoms with Crippen molar-refractivity contribution in [3.8, 4) is 5.75 Å². The zero-order valence-corrected chi connectivity index (χ0v) is 16.7. The fourth-order valence-corrected chi connectivity index (χ4v) is 3.12. The molecule has 0 bridgehead atoms. The lowest BCUT2D eigenvalue weighted by molar-refractivity contribution is -0.139. The zero-order chi connectivity index (χ0) is 20.6. The van der Waals surface area contributed by atoms with E-state index in [9.17, 15) is 9.59 Å². The Bertz CT molecular complexity index is 913. The molecule has 0 fully saturated rings. The van der Waals surface area contributed by atoms with Gasteiger partial charge >= 0.3 is 0 Å². The first kappa shape index (κ1) is 20.3. The second-order valence-electron chi connectivity index (χ2n) is 7.01. The quantitative estimate of drug-likeness (QED) is 0.517. The SMILES string of the molecule is CC(=O)c1cccc(OC(C)C(=O)N(Cc2ccccc2)Cc2ccccc2)c1. The molecule has 0 saturated heterocycles. The van der Waals surface area contributed by atoms with Gasteiger partial charge in [0.25, 0.3) is 5.91 Å². The number of amides is 1. The molecule has 0 aliphatic rings. The van der Waals surface area contributed by atoms with Crippen molar-refractivity contribution in [1.29, 1.82) is 0 Å². The van der Waals surface area contributed by atoms with Gasteiger partial charge in [-0.1, -0.05) is 72.8 Å². The molecule has 1 atom stereocenters. The van der Waals surface area contributed by atoms with E-state index in [0.717, 1.165) is 11.1 Å². The molecule has 1 unspecified atom stereocenters. The molecule has 3 aromatic carbocycles. The Morgan fingerprint density at radius 1 is 0.828 bits per heavy atom. The van der Waals surface area contributed by atoms with Gasteiger partial charge in [-0.3, -0.25) is 9.59 Å². The normalized spacial score (nSPS) is 11.5. The molecule has 29 heavy (non-hydrogen) atoms. The van der Waals surface area contributed by atoms with Gasteiger partial charge in [-0.25, -0.2) is 0 Å². The van der Waals surface area contributed by atoms with Gasteiger partial charge < -0.3 is 9.64 Å². The lowest BCUT2D eigenvalue weighted by Gasteiger charge is -2.26. The predicted octanol–water partition coefficient (Wildman–Crippen LogP) is 4.89. The van der Waals surface area contributed by atoms with Gasteiger partial charge in [-0.2, -0.15) is 0 Å². The number of carbonyl (C=O) groups excluding carboxylic acids is 2. The van der Waals surface area contributed by atoms with Gasteiger partial charge in [0.1, 0.15) is 5.75 Å². The van der Waals surface area contributed by atoms with Crippen molar-refractivity contribution in [3.05, 3.63) is 102 Å². The van der Waals surface area contributed by atoms with Crippen LogP contribution in [0.2, 0.25) is 0 Å². The van der Waals surface area contributed by atoms with Crippen molar-refractivity contribution in [2.24, 2.45) is 0 Å². The van der Waals surface area contributed by atoms with Crippen molar-refractivity contribution in [2.75, 3.05) is 0 Å². The summed E-state index contributed by atoms with van der Waals surface area (Å²) < 4.78 is 5.88. The van der Waals surface area contributed by atoms with Crippen molar-refractivity contribution in [2.45, 2.75) is 33.0 Å². The van der Waals surface area contributed by atoms with Crippen LogP contribution in [-0.4, -0.2) is 22.7 Å². The Labute approximate surface area is 171 Å². The molecule has 0 N–H and O–H groups in total. The maximum atomic E-state index is 13.2. The minimum atomic E-state index is -0.676. The van der Waals surface area contributed by atoms with Crippen LogP contribution < -0.4 is 4.74 Å². The predicted molar refractivity (Wildman–Crippen MR) is 114 cm³/mol. The molecular formula is C25H25NO3. The van der Waals surface area contributed by atoms with E-state index >= 15 is 0 Å². The number of rotatable bonds is 8. The van der Waals surface area contributed by atoms with E-state index < -0.39 is 6.10 Å². The van der Waals surface area contributed by atoms with E-state index in [-0.39, 0.29) is 11.7 Å².